The van der Waals surface area contributed by atoms with Gasteiger partial charge in [-0.3, -0.25) is 4.79 Å². The molecule has 2 N–H and O–H groups in total. The van der Waals surface area contributed by atoms with Crippen LogP contribution in [0.3, 0.4) is 0 Å². The number of thiazole rings is 1. The summed E-state index contributed by atoms with van der Waals surface area (Å²) in [6, 6.07) is 20.8. The highest BCUT2D eigenvalue weighted by Crippen LogP contribution is 2.27. The SMILES string of the molecule is CCCCCCOc1ccc(Cl)cc1/C=N/NC(=O)c1ccc(-c2csc(Nc3ccc(C)cc3)n2)cc1. The first-order valence-electron chi connectivity index (χ1n) is 12.7. The lowest BCUT2D eigenvalue weighted by molar-refractivity contribution is 0.0955. The van der Waals surface area contributed by atoms with Crippen LogP contribution in [0.4, 0.5) is 10.8 Å². The number of hydrogen-bond donors (Lipinski definition) is 2. The molecular formula is C30H31ClN4O2S. The Bertz CT molecular complexity index is 1370. The zero-order valence-corrected chi connectivity index (χ0v) is 23.1. The van der Waals surface area contributed by atoms with Gasteiger partial charge in [-0.15, -0.1) is 11.3 Å². The molecule has 0 aliphatic carbocycles. The molecule has 8 heteroatoms. The van der Waals surface area contributed by atoms with Gasteiger partial charge in [-0.05, 0) is 55.8 Å². The molecule has 0 aliphatic heterocycles. The third-order valence-corrected chi connectivity index (χ3v) is 6.84. The van der Waals surface area contributed by atoms with Gasteiger partial charge in [0, 0.05) is 32.8 Å². The maximum Gasteiger partial charge on any atom is 0.271 e. The summed E-state index contributed by atoms with van der Waals surface area (Å²) < 4.78 is 5.90. The first-order valence-corrected chi connectivity index (χ1v) is 13.9. The van der Waals surface area contributed by atoms with Crippen molar-refractivity contribution in [2.45, 2.75) is 39.5 Å². The minimum Gasteiger partial charge on any atom is -0.493 e. The topological polar surface area (TPSA) is 75.6 Å². The van der Waals surface area contributed by atoms with Gasteiger partial charge in [-0.25, -0.2) is 10.4 Å². The largest absolute Gasteiger partial charge is 0.493 e. The van der Waals surface area contributed by atoms with Crippen molar-refractivity contribution in [3.05, 3.63) is 93.8 Å². The van der Waals surface area contributed by atoms with E-state index >= 15 is 0 Å². The van der Waals surface area contributed by atoms with E-state index in [0.29, 0.717) is 28.5 Å². The molecule has 6 nitrogen and oxygen atoms in total. The molecule has 0 saturated carbocycles. The number of amides is 1. The number of nitrogens with zero attached hydrogens (tertiary/aromatic N) is 2. The van der Waals surface area contributed by atoms with E-state index < -0.39 is 0 Å². The zero-order valence-electron chi connectivity index (χ0n) is 21.5. The summed E-state index contributed by atoms with van der Waals surface area (Å²) in [7, 11) is 0. The molecule has 4 rings (SSSR count). The molecule has 3 aromatic carbocycles. The van der Waals surface area contributed by atoms with Crippen molar-refractivity contribution in [2.75, 3.05) is 11.9 Å². The fraction of sp³-hybridized carbons (Fsp3) is 0.233. The number of hydrazone groups is 1. The summed E-state index contributed by atoms with van der Waals surface area (Å²) in [5, 5.41) is 10.8. The zero-order chi connectivity index (χ0) is 26.7. The van der Waals surface area contributed by atoms with E-state index in [9.17, 15) is 4.79 Å². The smallest absolute Gasteiger partial charge is 0.271 e. The van der Waals surface area contributed by atoms with E-state index in [1.165, 1.54) is 29.7 Å². The highest BCUT2D eigenvalue weighted by molar-refractivity contribution is 7.14. The average Bonchev–Trinajstić information content (AvgIpc) is 3.39. The second-order valence-electron chi connectivity index (χ2n) is 8.90. The number of aromatic nitrogens is 1. The van der Waals surface area contributed by atoms with Crippen molar-refractivity contribution in [3.8, 4) is 17.0 Å². The van der Waals surface area contributed by atoms with Gasteiger partial charge >= 0.3 is 0 Å². The number of nitrogens with one attached hydrogen (secondary N) is 2. The van der Waals surface area contributed by atoms with Crippen LogP contribution in [0.15, 0.2) is 77.2 Å². The van der Waals surface area contributed by atoms with Crippen molar-refractivity contribution in [1.29, 1.82) is 0 Å². The highest BCUT2D eigenvalue weighted by atomic mass is 35.5. The Hall–Kier alpha value is -3.68. The number of hydrogen-bond acceptors (Lipinski definition) is 6. The minimum atomic E-state index is -0.308. The molecule has 1 heterocycles. The summed E-state index contributed by atoms with van der Waals surface area (Å²) in [5.74, 6) is 0.379. The van der Waals surface area contributed by atoms with E-state index in [4.69, 9.17) is 16.3 Å². The van der Waals surface area contributed by atoms with Crippen molar-refractivity contribution in [1.82, 2.24) is 10.4 Å². The number of carbonyl (C=O) groups is 1. The Morgan fingerprint density at radius 3 is 2.61 bits per heavy atom. The van der Waals surface area contributed by atoms with E-state index in [2.05, 4.69) is 46.8 Å². The number of halogens is 1. The van der Waals surface area contributed by atoms with Crippen molar-refractivity contribution >= 4 is 45.9 Å². The monoisotopic (exact) mass is 546 g/mol. The molecule has 0 aliphatic rings. The molecule has 0 fully saturated rings. The Morgan fingerprint density at radius 1 is 1.05 bits per heavy atom. The summed E-state index contributed by atoms with van der Waals surface area (Å²) in [6.07, 6.45) is 6.05. The highest BCUT2D eigenvalue weighted by Gasteiger charge is 2.09. The van der Waals surface area contributed by atoms with E-state index in [1.54, 1.807) is 30.5 Å². The van der Waals surface area contributed by atoms with Crippen LogP contribution in [0.5, 0.6) is 5.75 Å². The first kappa shape index (κ1) is 27.4. The molecule has 196 valence electrons. The van der Waals surface area contributed by atoms with Gasteiger partial charge in [-0.2, -0.15) is 5.10 Å². The fourth-order valence-corrected chi connectivity index (χ4v) is 4.62. The molecule has 1 aromatic heterocycles. The molecule has 0 unspecified atom stereocenters. The number of unbranched alkanes of at least 4 members (excludes halogenated alkanes) is 3. The summed E-state index contributed by atoms with van der Waals surface area (Å²) in [4.78, 5) is 17.3. The van der Waals surface area contributed by atoms with Crippen LogP contribution < -0.4 is 15.5 Å². The molecule has 38 heavy (non-hydrogen) atoms. The van der Waals surface area contributed by atoms with Crippen LogP contribution in [-0.2, 0) is 0 Å². The Labute approximate surface area is 232 Å². The predicted octanol–water partition coefficient (Wildman–Crippen LogP) is 8.24. The second-order valence-corrected chi connectivity index (χ2v) is 10.2. The molecule has 0 spiro atoms. The van der Waals surface area contributed by atoms with Crippen molar-refractivity contribution in [2.24, 2.45) is 5.10 Å². The van der Waals surface area contributed by atoms with Crippen molar-refractivity contribution < 1.29 is 9.53 Å². The van der Waals surface area contributed by atoms with Crippen LogP contribution in [0.2, 0.25) is 5.02 Å². The van der Waals surface area contributed by atoms with Crippen LogP contribution in [0.1, 0.15) is 54.1 Å². The lowest BCUT2D eigenvalue weighted by Gasteiger charge is -2.09. The van der Waals surface area contributed by atoms with Crippen LogP contribution >= 0.6 is 22.9 Å². The van der Waals surface area contributed by atoms with E-state index in [1.807, 2.05) is 35.7 Å². The number of benzene rings is 3. The van der Waals surface area contributed by atoms with Gasteiger partial charge in [0.25, 0.3) is 5.91 Å². The first-order chi connectivity index (χ1) is 18.5. The molecule has 0 radical (unpaired) electrons. The summed E-state index contributed by atoms with van der Waals surface area (Å²) in [5.41, 5.74) is 7.77. The summed E-state index contributed by atoms with van der Waals surface area (Å²) in [6.45, 7) is 4.87. The Kier molecular flexibility index (Phi) is 9.90. The van der Waals surface area contributed by atoms with E-state index in [0.717, 1.165) is 34.9 Å². The third-order valence-electron chi connectivity index (χ3n) is 5.85. The second kappa shape index (κ2) is 13.7. The molecule has 4 aromatic rings. The van der Waals surface area contributed by atoms with Crippen LogP contribution in [0.25, 0.3) is 11.3 Å². The third kappa shape index (κ3) is 7.91. The standard InChI is InChI=1S/C30H31ClN4O2S/c1-3-4-5-6-17-37-28-16-13-25(31)18-24(28)19-32-35-29(36)23-11-9-22(10-12-23)27-20-38-30(34-27)33-26-14-7-21(2)8-15-26/h7-16,18-20H,3-6,17H2,1-2H3,(H,33,34)(H,35,36)/b32-19+. The number of rotatable bonds is 12. The van der Waals surface area contributed by atoms with Crippen LogP contribution in [-0.4, -0.2) is 23.7 Å². The number of ether oxygens (including phenoxy) is 1. The Morgan fingerprint density at radius 2 is 1.84 bits per heavy atom. The van der Waals surface area contributed by atoms with Gasteiger partial charge in [0.05, 0.1) is 18.5 Å². The normalized spacial score (nSPS) is 11.0. The number of anilines is 2. The number of carbonyl (C=O) groups excluding carboxylic acids is 1. The lowest BCUT2D eigenvalue weighted by Crippen LogP contribution is -2.17. The van der Waals surface area contributed by atoms with E-state index in [-0.39, 0.29) is 5.91 Å². The van der Waals surface area contributed by atoms with Gasteiger partial charge in [-0.1, -0.05) is 67.6 Å². The molecule has 0 saturated heterocycles. The van der Waals surface area contributed by atoms with Gasteiger partial charge in [0.2, 0.25) is 0 Å². The fourth-order valence-electron chi connectivity index (χ4n) is 3.70. The quantitative estimate of drug-likeness (QED) is 0.107. The van der Waals surface area contributed by atoms with Gasteiger partial charge < -0.3 is 10.1 Å². The minimum absolute atomic E-state index is 0.308. The molecule has 0 bridgehead atoms. The van der Waals surface area contributed by atoms with Gasteiger partial charge in [0.15, 0.2) is 5.13 Å². The van der Waals surface area contributed by atoms with Gasteiger partial charge in [0.1, 0.15) is 5.75 Å². The Balaban J connectivity index is 1.33. The summed E-state index contributed by atoms with van der Waals surface area (Å²) >= 11 is 7.69. The maximum absolute atomic E-state index is 12.6. The lowest BCUT2D eigenvalue weighted by atomic mass is 10.1. The average molecular weight is 547 g/mol. The molecule has 1 amide bonds. The van der Waals surface area contributed by atoms with Crippen molar-refractivity contribution in [3.63, 3.8) is 0 Å². The number of aryl methyl sites for hydroxylation is 1. The molecule has 0 atom stereocenters. The predicted molar refractivity (Wildman–Crippen MR) is 158 cm³/mol. The maximum atomic E-state index is 12.6. The molecular weight excluding hydrogens is 516 g/mol. The van der Waals surface area contributed by atoms with Crippen LogP contribution in [0, 0.1) is 6.92 Å².